The first-order valence-corrected chi connectivity index (χ1v) is 6.41. The molecule has 0 radical (unpaired) electrons. The van der Waals surface area contributed by atoms with Crippen LogP contribution in [0.15, 0.2) is 11.5 Å². The molecule has 3 heteroatoms. The summed E-state index contributed by atoms with van der Waals surface area (Å²) in [5, 5.41) is 2.08. The highest BCUT2D eigenvalue weighted by atomic mass is 32.2. The fraction of sp³-hybridized carbons (Fsp3) is 0.818. The van der Waals surface area contributed by atoms with Crippen molar-refractivity contribution in [1.82, 2.24) is 0 Å². The van der Waals surface area contributed by atoms with Crippen LogP contribution in [0.1, 0.15) is 33.6 Å². The van der Waals surface area contributed by atoms with Gasteiger partial charge in [0.1, 0.15) is 0 Å². The molecule has 0 aliphatic rings. The smallest absolute Gasteiger partial charge is 0.177 e. The van der Waals surface area contributed by atoms with Gasteiger partial charge in [0, 0.05) is 13.2 Å². The van der Waals surface area contributed by atoms with Gasteiger partial charge in [-0.15, -0.1) is 11.8 Å². The second-order valence-electron chi connectivity index (χ2n) is 2.83. The highest BCUT2D eigenvalue weighted by Crippen LogP contribution is 2.08. The minimum absolute atomic E-state index is 0.167. The fourth-order valence-corrected chi connectivity index (χ4v) is 1.73. The molecule has 0 spiro atoms. The molecule has 0 N–H and O–H groups in total. The Hall–Kier alpha value is 0.01000. The summed E-state index contributed by atoms with van der Waals surface area (Å²) >= 11 is 1.82. The quantitative estimate of drug-likeness (QED) is 0.436. The Labute approximate surface area is 92.0 Å². The van der Waals surface area contributed by atoms with Gasteiger partial charge in [0.05, 0.1) is 0 Å². The summed E-state index contributed by atoms with van der Waals surface area (Å²) < 4.78 is 10.7. The van der Waals surface area contributed by atoms with Gasteiger partial charge in [-0.2, -0.15) is 0 Å². The predicted octanol–water partition coefficient (Wildman–Crippen LogP) is 3.43. The second-order valence-corrected chi connectivity index (χ2v) is 3.85. The van der Waals surface area contributed by atoms with Crippen LogP contribution >= 0.6 is 11.8 Å². The van der Waals surface area contributed by atoms with Crippen molar-refractivity contribution in [3.8, 4) is 0 Å². The topological polar surface area (TPSA) is 18.5 Å². The zero-order valence-corrected chi connectivity index (χ0v) is 10.3. The standard InChI is InChI=1S/C11H22O2S/c1-4-7-9-14-10-8-11(12-5-2)13-6-3/h8,10-11H,4-7,9H2,1-3H3. The van der Waals surface area contributed by atoms with Crippen molar-refractivity contribution in [2.45, 2.75) is 39.9 Å². The van der Waals surface area contributed by atoms with Crippen LogP contribution in [0.2, 0.25) is 0 Å². The minimum Gasteiger partial charge on any atom is -0.349 e. The van der Waals surface area contributed by atoms with Crippen molar-refractivity contribution in [2.75, 3.05) is 19.0 Å². The molecular formula is C11H22O2S. The van der Waals surface area contributed by atoms with E-state index >= 15 is 0 Å². The molecular weight excluding hydrogens is 196 g/mol. The molecule has 0 aliphatic heterocycles. The Morgan fingerprint density at radius 3 is 2.29 bits per heavy atom. The van der Waals surface area contributed by atoms with E-state index in [0.29, 0.717) is 13.2 Å². The predicted molar refractivity (Wildman–Crippen MR) is 63.5 cm³/mol. The van der Waals surface area contributed by atoms with E-state index in [0.717, 1.165) is 0 Å². The second kappa shape index (κ2) is 11.1. The van der Waals surface area contributed by atoms with Crippen LogP contribution in [0.3, 0.4) is 0 Å². The maximum Gasteiger partial charge on any atom is 0.177 e. The average Bonchev–Trinajstić information content (AvgIpc) is 2.18. The molecule has 0 heterocycles. The van der Waals surface area contributed by atoms with Crippen molar-refractivity contribution in [3.63, 3.8) is 0 Å². The monoisotopic (exact) mass is 218 g/mol. The van der Waals surface area contributed by atoms with Gasteiger partial charge in [0.25, 0.3) is 0 Å². The van der Waals surface area contributed by atoms with Gasteiger partial charge >= 0.3 is 0 Å². The van der Waals surface area contributed by atoms with Crippen LogP contribution in [0, 0.1) is 0 Å². The molecule has 0 fully saturated rings. The Balaban J connectivity index is 3.55. The van der Waals surface area contributed by atoms with Crippen molar-refractivity contribution in [1.29, 1.82) is 0 Å². The number of hydrogen-bond donors (Lipinski definition) is 0. The van der Waals surface area contributed by atoms with E-state index in [9.17, 15) is 0 Å². The maximum absolute atomic E-state index is 5.37. The molecule has 0 aromatic carbocycles. The Morgan fingerprint density at radius 1 is 1.14 bits per heavy atom. The first-order chi connectivity index (χ1) is 6.85. The van der Waals surface area contributed by atoms with Gasteiger partial charge in [-0.25, -0.2) is 0 Å². The number of hydrogen-bond acceptors (Lipinski definition) is 3. The van der Waals surface area contributed by atoms with Crippen LogP contribution in [0.25, 0.3) is 0 Å². The lowest BCUT2D eigenvalue weighted by Gasteiger charge is -2.11. The molecule has 0 rings (SSSR count). The lowest BCUT2D eigenvalue weighted by atomic mass is 10.4. The number of ether oxygens (including phenoxy) is 2. The molecule has 0 aliphatic carbocycles. The highest BCUT2D eigenvalue weighted by molar-refractivity contribution is 8.02. The van der Waals surface area contributed by atoms with E-state index < -0.39 is 0 Å². The molecule has 0 saturated carbocycles. The van der Waals surface area contributed by atoms with Gasteiger partial charge in [0.15, 0.2) is 6.29 Å². The summed E-state index contributed by atoms with van der Waals surface area (Å²) in [7, 11) is 0. The van der Waals surface area contributed by atoms with Crippen molar-refractivity contribution >= 4 is 11.8 Å². The molecule has 0 amide bonds. The Morgan fingerprint density at radius 2 is 1.79 bits per heavy atom. The van der Waals surface area contributed by atoms with E-state index in [1.165, 1.54) is 18.6 Å². The van der Waals surface area contributed by atoms with E-state index in [2.05, 4.69) is 12.3 Å². The van der Waals surface area contributed by atoms with Crippen molar-refractivity contribution in [3.05, 3.63) is 11.5 Å². The van der Waals surface area contributed by atoms with Crippen molar-refractivity contribution in [2.24, 2.45) is 0 Å². The normalized spacial score (nSPS) is 11.7. The summed E-state index contributed by atoms with van der Waals surface area (Å²) in [5.41, 5.74) is 0. The number of thioether (sulfide) groups is 1. The summed E-state index contributed by atoms with van der Waals surface area (Å²) in [5.74, 6) is 1.18. The van der Waals surface area contributed by atoms with Crippen LogP contribution in [0.5, 0.6) is 0 Å². The summed E-state index contributed by atoms with van der Waals surface area (Å²) in [6, 6.07) is 0. The molecule has 2 nitrogen and oxygen atoms in total. The summed E-state index contributed by atoms with van der Waals surface area (Å²) in [6.45, 7) is 7.53. The van der Waals surface area contributed by atoms with E-state index in [4.69, 9.17) is 9.47 Å². The van der Waals surface area contributed by atoms with Crippen LogP contribution in [-0.2, 0) is 9.47 Å². The van der Waals surface area contributed by atoms with Crippen LogP contribution in [-0.4, -0.2) is 25.3 Å². The molecule has 0 saturated heterocycles. The molecule has 0 aromatic rings. The van der Waals surface area contributed by atoms with Crippen molar-refractivity contribution < 1.29 is 9.47 Å². The third-order valence-electron chi connectivity index (χ3n) is 1.61. The first kappa shape index (κ1) is 14.0. The largest absolute Gasteiger partial charge is 0.349 e. The van der Waals surface area contributed by atoms with Gasteiger partial charge in [-0.05, 0) is 37.5 Å². The third kappa shape index (κ3) is 8.60. The Kier molecular flexibility index (Phi) is 11.1. The lowest BCUT2D eigenvalue weighted by molar-refractivity contribution is -0.103. The van der Waals surface area contributed by atoms with Gasteiger partial charge in [0.2, 0.25) is 0 Å². The summed E-state index contributed by atoms with van der Waals surface area (Å²) in [6.07, 6.45) is 4.33. The average molecular weight is 218 g/mol. The van der Waals surface area contributed by atoms with Crippen LogP contribution < -0.4 is 0 Å². The third-order valence-corrected chi connectivity index (χ3v) is 2.48. The SMILES string of the molecule is CCCCSC=CC(OCC)OCC. The zero-order chi connectivity index (χ0) is 10.6. The number of unbranched alkanes of at least 4 members (excludes halogenated alkanes) is 1. The van der Waals surface area contributed by atoms with Gasteiger partial charge in [-0.3, -0.25) is 0 Å². The number of rotatable bonds is 9. The molecule has 0 bridgehead atoms. The molecule has 0 aromatic heterocycles. The van der Waals surface area contributed by atoms with E-state index in [1.54, 1.807) is 0 Å². The fourth-order valence-electron chi connectivity index (χ4n) is 0.903. The molecule has 14 heavy (non-hydrogen) atoms. The van der Waals surface area contributed by atoms with E-state index in [-0.39, 0.29) is 6.29 Å². The highest BCUT2D eigenvalue weighted by Gasteiger charge is 2.00. The lowest BCUT2D eigenvalue weighted by Crippen LogP contribution is -2.13. The van der Waals surface area contributed by atoms with Crippen LogP contribution in [0.4, 0.5) is 0 Å². The zero-order valence-electron chi connectivity index (χ0n) is 9.49. The molecule has 0 atom stereocenters. The summed E-state index contributed by atoms with van der Waals surface area (Å²) in [4.78, 5) is 0. The molecule has 0 unspecified atom stereocenters. The van der Waals surface area contributed by atoms with Gasteiger partial charge in [-0.1, -0.05) is 13.3 Å². The molecule has 84 valence electrons. The minimum atomic E-state index is -0.167. The Bertz CT molecular complexity index is 131. The van der Waals surface area contributed by atoms with Gasteiger partial charge < -0.3 is 9.47 Å². The first-order valence-electron chi connectivity index (χ1n) is 5.36. The van der Waals surface area contributed by atoms with E-state index in [1.807, 2.05) is 31.7 Å². The maximum atomic E-state index is 5.37.